The van der Waals surface area contributed by atoms with Crippen molar-refractivity contribution in [3.05, 3.63) is 10.6 Å². The zero-order chi connectivity index (χ0) is 15.4. The number of thiazole rings is 1. The number of nitrogens with zero attached hydrogens (tertiary/aromatic N) is 2. The van der Waals surface area contributed by atoms with E-state index in [0.29, 0.717) is 12.0 Å². The molecular formula is C17H31N3S. The van der Waals surface area contributed by atoms with Crippen molar-refractivity contribution in [2.75, 3.05) is 18.0 Å². The van der Waals surface area contributed by atoms with Crippen LogP contribution in [0.5, 0.6) is 0 Å². The number of hydrogen-bond donors (Lipinski definition) is 1. The number of piperidine rings is 1. The molecule has 0 spiro atoms. The minimum absolute atomic E-state index is 0.507. The number of anilines is 1. The van der Waals surface area contributed by atoms with E-state index in [-0.39, 0.29) is 0 Å². The molecule has 3 nitrogen and oxygen atoms in total. The summed E-state index contributed by atoms with van der Waals surface area (Å²) in [7, 11) is 0. The number of rotatable bonds is 6. The minimum atomic E-state index is 0.507. The lowest BCUT2D eigenvalue weighted by molar-refractivity contribution is 0.438. The van der Waals surface area contributed by atoms with Gasteiger partial charge in [-0.05, 0) is 38.0 Å². The molecule has 0 aliphatic carbocycles. The highest BCUT2D eigenvalue weighted by molar-refractivity contribution is 7.15. The van der Waals surface area contributed by atoms with Gasteiger partial charge in [0.25, 0.3) is 0 Å². The molecular weight excluding hydrogens is 278 g/mol. The zero-order valence-electron chi connectivity index (χ0n) is 14.3. The van der Waals surface area contributed by atoms with Crippen molar-refractivity contribution >= 4 is 16.5 Å². The summed E-state index contributed by atoms with van der Waals surface area (Å²) in [6, 6.07) is 0.575. The Balaban J connectivity index is 2.09. The van der Waals surface area contributed by atoms with Crippen LogP contribution in [0.15, 0.2) is 0 Å². The molecule has 1 aromatic heterocycles. The largest absolute Gasteiger partial charge is 0.348 e. The molecule has 0 amide bonds. The Morgan fingerprint density at radius 2 is 1.95 bits per heavy atom. The molecule has 21 heavy (non-hydrogen) atoms. The van der Waals surface area contributed by atoms with Crippen LogP contribution in [0, 0.1) is 5.92 Å². The first-order valence-electron chi connectivity index (χ1n) is 8.49. The third-order valence-electron chi connectivity index (χ3n) is 4.54. The highest BCUT2D eigenvalue weighted by Gasteiger charge is 2.21. The van der Waals surface area contributed by atoms with Crippen molar-refractivity contribution in [2.45, 2.75) is 72.4 Å². The molecule has 1 saturated heterocycles. The standard InChI is InChI=1S/C17H31N3S/c1-6-14(5)18-11-15-16(12(2)3)19-17(21-15)20-9-7-13(4)8-10-20/h12-14,18H,6-11H2,1-5H3. The predicted octanol–water partition coefficient (Wildman–Crippen LogP) is 4.39. The Kier molecular flexibility index (Phi) is 6.06. The molecule has 1 aliphatic heterocycles. The quantitative estimate of drug-likeness (QED) is 0.844. The van der Waals surface area contributed by atoms with Gasteiger partial charge in [-0.1, -0.05) is 27.7 Å². The summed E-state index contributed by atoms with van der Waals surface area (Å²) in [5.41, 5.74) is 1.30. The minimum Gasteiger partial charge on any atom is -0.348 e. The fourth-order valence-electron chi connectivity index (χ4n) is 2.67. The van der Waals surface area contributed by atoms with Crippen LogP contribution in [0.2, 0.25) is 0 Å². The molecule has 2 rings (SSSR count). The van der Waals surface area contributed by atoms with Crippen LogP contribution < -0.4 is 10.2 Å². The third-order valence-corrected chi connectivity index (χ3v) is 5.67. The van der Waals surface area contributed by atoms with E-state index < -0.39 is 0 Å². The van der Waals surface area contributed by atoms with Gasteiger partial charge in [-0.15, -0.1) is 11.3 Å². The van der Waals surface area contributed by atoms with Gasteiger partial charge in [-0.2, -0.15) is 0 Å². The first-order chi connectivity index (χ1) is 10.0. The Labute approximate surface area is 134 Å². The molecule has 1 atom stereocenters. The van der Waals surface area contributed by atoms with E-state index in [1.165, 1.54) is 48.1 Å². The van der Waals surface area contributed by atoms with Crippen molar-refractivity contribution in [3.63, 3.8) is 0 Å². The van der Waals surface area contributed by atoms with Crippen molar-refractivity contribution in [1.82, 2.24) is 10.3 Å². The molecule has 0 aromatic carbocycles. The maximum absolute atomic E-state index is 4.97. The Hall–Kier alpha value is -0.610. The summed E-state index contributed by atoms with van der Waals surface area (Å²) >= 11 is 1.90. The fourth-order valence-corrected chi connectivity index (χ4v) is 3.89. The highest BCUT2D eigenvalue weighted by Crippen LogP contribution is 2.33. The van der Waals surface area contributed by atoms with Gasteiger partial charge in [0.05, 0.1) is 5.69 Å². The first kappa shape index (κ1) is 16.8. The first-order valence-corrected chi connectivity index (χ1v) is 9.30. The van der Waals surface area contributed by atoms with Gasteiger partial charge in [0.2, 0.25) is 0 Å². The Bertz CT molecular complexity index is 433. The van der Waals surface area contributed by atoms with Gasteiger partial charge in [0.1, 0.15) is 0 Å². The molecule has 0 bridgehead atoms. The van der Waals surface area contributed by atoms with Crippen molar-refractivity contribution < 1.29 is 0 Å². The van der Waals surface area contributed by atoms with Crippen LogP contribution in [0.25, 0.3) is 0 Å². The maximum Gasteiger partial charge on any atom is 0.185 e. The molecule has 1 unspecified atom stereocenters. The van der Waals surface area contributed by atoms with Crippen molar-refractivity contribution in [3.8, 4) is 0 Å². The summed E-state index contributed by atoms with van der Waals surface area (Å²) in [5, 5.41) is 4.86. The topological polar surface area (TPSA) is 28.2 Å². The molecule has 0 saturated carbocycles. The molecule has 4 heteroatoms. The summed E-state index contributed by atoms with van der Waals surface area (Å²) in [6.07, 6.45) is 3.78. The van der Waals surface area contributed by atoms with Gasteiger partial charge >= 0.3 is 0 Å². The molecule has 1 fully saturated rings. The van der Waals surface area contributed by atoms with Crippen LogP contribution in [0.3, 0.4) is 0 Å². The van der Waals surface area contributed by atoms with E-state index in [4.69, 9.17) is 4.98 Å². The second-order valence-electron chi connectivity index (χ2n) is 6.82. The number of hydrogen-bond acceptors (Lipinski definition) is 4. The van der Waals surface area contributed by atoms with Crippen LogP contribution in [0.1, 0.15) is 70.4 Å². The van der Waals surface area contributed by atoms with Crippen LogP contribution in [-0.2, 0) is 6.54 Å². The second kappa shape index (κ2) is 7.59. The molecule has 1 aromatic rings. The summed E-state index contributed by atoms with van der Waals surface area (Å²) in [5.74, 6) is 1.38. The van der Waals surface area contributed by atoms with Gasteiger partial charge in [-0.3, -0.25) is 0 Å². The summed E-state index contributed by atoms with van der Waals surface area (Å²) in [6.45, 7) is 14.7. The van der Waals surface area contributed by atoms with E-state index in [1.807, 2.05) is 11.3 Å². The lowest BCUT2D eigenvalue weighted by Gasteiger charge is -2.29. The van der Waals surface area contributed by atoms with Crippen molar-refractivity contribution in [2.24, 2.45) is 5.92 Å². The third kappa shape index (κ3) is 4.43. The number of nitrogens with one attached hydrogen (secondary N) is 1. The molecule has 2 heterocycles. The smallest absolute Gasteiger partial charge is 0.185 e. The van der Waals surface area contributed by atoms with Gasteiger partial charge in [-0.25, -0.2) is 4.98 Å². The van der Waals surface area contributed by atoms with Crippen LogP contribution in [0.4, 0.5) is 5.13 Å². The fraction of sp³-hybridized carbons (Fsp3) is 0.824. The molecule has 120 valence electrons. The lowest BCUT2D eigenvalue weighted by atomic mass is 10.00. The van der Waals surface area contributed by atoms with Crippen LogP contribution in [-0.4, -0.2) is 24.1 Å². The Morgan fingerprint density at radius 3 is 2.52 bits per heavy atom. The van der Waals surface area contributed by atoms with Gasteiger partial charge < -0.3 is 10.2 Å². The van der Waals surface area contributed by atoms with Gasteiger partial charge in [0, 0.05) is 30.6 Å². The van der Waals surface area contributed by atoms with E-state index >= 15 is 0 Å². The maximum atomic E-state index is 4.97. The van der Waals surface area contributed by atoms with Crippen LogP contribution >= 0.6 is 11.3 Å². The van der Waals surface area contributed by atoms with E-state index in [1.54, 1.807) is 0 Å². The summed E-state index contributed by atoms with van der Waals surface area (Å²) in [4.78, 5) is 8.89. The Morgan fingerprint density at radius 1 is 1.29 bits per heavy atom. The average Bonchev–Trinajstić information content (AvgIpc) is 2.90. The van der Waals surface area contributed by atoms with Crippen molar-refractivity contribution in [1.29, 1.82) is 0 Å². The SMILES string of the molecule is CCC(C)NCc1sc(N2CCC(C)CC2)nc1C(C)C. The normalized spacial score (nSPS) is 18.5. The molecule has 1 N–H and O–H groups in total. The predicted molar refractivity (Wildman–Crippen MR) is 93.4 cm³/mol. The second-order valence-corrected chi connectivity index (χ2v) is 7.88. The number of aromatic nitrogens is 1. The zero-order valence-corrected chi connectivity index (χ0v) is 15.1. The molecule has 0 radical (unpaired) electrons. The highest BCUT2D eigenvalue weighted by atomic mass is 32.1. The monoisotopic (exact) mass is 309 g/mol. The summed E-state index contributed by atoms with van der Waals surface area (Å²) < 4.78 is 0. The average molecular weight is 310 g/mol. The van der Waals surface area contributed by atoms with E-state index in [9.17, 15) is 0 Å². The van der Waals surface area contributed by atoms with Gasteiger partial charge in [0.15, 0.2) is 5.13 Å². The lowest BCUT2D eigenvalue weighted by Crippen LogP contribution is -2.32. The molecule has 1 aliphatic rings. The van der Waals surface area contributed by atoms with E-state index in [2.05, 4.69) is 44.8 Å². The van der Waals surface area contributed by atoms with E-state index in [0.717, 1.165) is 12.5 Å².